The summed E-state index contributed by atoms with van der Waals surface area (Å²) in [4.78, 5) is 18.3. The van der Waals surface area contributed by atoms with Crippen LogP contribution in [0.5, 0.6) is 0 Å². The molecule has 0 saturated carbocycles. The van der Waals surface area contributed by atoms with Crippen molar-refractivity contribution in [2.45, 2.75) is 26.3 Å². The van der Waals surface area contributed by atoms with Crippen molar-refractivity contribution in [2.24, 2.45) is 11.7 Å². The van der Waals surface area contributed by atoms with E-state index < -0.39 is 0 Å². The molecule has 0 radical (unpaired) electrons. The Labute approximate surface area is 126 Å². The second-order valence-corrected chi connectivity index (χ2v) is 4.80. The van der Waals surface area contributed by atoms with Crippen molar-refractivity contribution in [1.29, 1.82) is 0 Å². The van der Waals surface area contributed by atoms with Gasteiger partial charge in [0.1, 0.15) is 0 Å². The molecule has 1 aromatic rings. The molecular weight excluding hydrogens is 285 g/mol. The summed E-state index contributed by atoms with van der Waals surface area (Å²) in [5.74, 6) is 0.509. The fraction of sp³-hybridized carbons (Fsp3) is 0.538. The molecule has 0 spiro atoms. The summed E-state index contributed by atoms with van der Waals surface area (Å²) in [5.41, 5.74) is 7.38. The summed E-state index contributed by atoms with van der Waals surface area (Å²) in [6, 6.07) is 3.80. The maximum atomic E-state index is 12.3. The van der Waals surface area contributed by atoms with Gasteiger partial charge in [-0.05, 0) is 38.3 Å². The molecule has 0 aromatic carbocycles. The normalized spacial score (nSPS) is 19.3. The summed E-state index contributed by atoms with van der Waals surface area (Å²) >= 11 is 0. The number of carbonyl (C=O) groups excluding carboxylic acids is 1. The van der Waals surface area contributed by atoms with Crippen molar-refractivity contribution in [3.8, 4) is 0 Å². The van der Waals surface area contributed by atoms with Crippen molar-refractivity contribution >= 4 is 30.7 Å². The quantitative estimate of drug-likeness (QED) is 0.909. The van der Waals surface area contributed by atoms with E-state index in [-0.39, 0.29) is 36.8 Å². The molecule has 1 amide bonds. The molecule has 2 atom stereocenters. The first-order valence-corrected chi connectivity index (χ1v) is 6.06. The molecule has 2 N–H and O–H groups in total. The Hall–Kier alpha value is -0.840. The molecule has 1 aromatic heterocycles. The minimum Gasteiger partial charge on any atom is -0.338 e. The van der Waals surface area contributed by atoms with Gasteiger partial charge in [0.2, 0.25) is 0 Å². The number of nitrogens with zero attached hydrogens (tertiary/aromatic N) is 2. The van der Waals surface area contributed by atoms with Crippen molar-refractivity contribution in [2.75, 3.05) is 13.1 Å². The largest absolute Gasteiger partial charge is 0.338 e. The number of pyridine rings is 1. The average Bonchev–Trinajstić information content (AvgIpc) is 2.78. The lowest BCUT2D eigenvalue weighted by Gasteiger charge is -2.18. The van der Waals surface area contributed by atoms with Crippen LogP contribution in [0.25, 0.3) is 0 Å². The zero-order valence-electron chi connectivity index (χ0n) is 11.2. The van der Waals surface area contributed by atoms with E-state index in [9.17, 15) is 4.79 Å². The van der Waals surface area contributed by atoms with Gasteiger partial charge in [0.25, 0.3) is 5.91 Å². The van der Waals surface area contributed by atoms with Crippen LogP contribution in [0.4, 0.5) is 0 Å². The molecule has 108 valence electrons. The number of halogens is 2. The van der Waals surface area contributed by atoms with Gasteiger partial charge in [0.15, 0.2) is 0 Å². The summed E-state index contributed by atoms with van der Waals surface area (Å²) in [7, 11) is 0. The number of nitrogens with two attached hydrogens (primary N) is 1. The van der Waals surface area contributed by atoms with Crippen molar-refractivity contribution in [3.05, 3.63) is 29.6 Å². The fourth-order valence-corrected chi connectivity index (χ4v) is 2.28. The first kappa shape index (κ1) is 18.2. The van der Waals surface area contributed by atoms with Crippen LogP contribution < -0.4 is 5.73 Å². The molecule has 1 aliphatic rings. The summed E-state index contributed by atoms with van der Waals surface area (Å²) in [6.07, 6.45) is 2.71. The predicted molar refractivity (Wildman–Crippen MR) is 81.1 cm³/mol. The first-order valence-electron chi connectivity index (χ1n) is 6.06. The van der Waals surface area contributed by atoms with E-state index in [1.807, 2.05) is 24.8 Å². The molecular formula is C13H21Cl2N3O. The van der Waals surface area contributed by atoms with Crippen LogP contribution >= 0.6 is 24.8 Å². The Balaban J connectivity index is 0.00000162. The zero-order chi connectivity index (χ0) is 12.4. The molecule has 1 saturated heterocycles. The molecule has 2 rings (SSSR count). The summed E-state index contributed by atoms with van der Waals surface area (Å²) in [6.45, 7) is 5.45. The highest BCUT2D eigenvalue weighted by Crippen LogP contribution is 2.21. The minimum absolute atomic E-state index is 0. The molecule has 2 unspecified atom stereocenters. The van der Waals surface area contributed by atoms with Crippen molar-refractivity contribution in [3.63, 3.8) is 0 Å². The highest BCUT2D eigenvalue weighted by atomic mass is 35.5. The predicted octanol–water partition coefficient (Wildman–Crippen LogP) is 2.04. The zero-order valence-corrected chi connectivity index (χ0v) is 12.8. The van der Waals surface area contributed by atoms with Crippen LogP contribution in [0.1, 0.15) is 29.4 Å². The lowest BCUT2D eigenvalue weighted by Crippen LogP contribution is -2.33. The molecule has 0 bridgehead atoms. The number of hydrogen-bond acceptors (Lipinski definition) is 3. The van der Waals surface area contributed by atoms with Crippen LogP contribution in [0.15, 0.2) is 18.3 Å². The van der Waals surface area contributed by atoms with E-state index in [4.69, 9.17) is 5.73 Å². The Kier molecular flexibility index (Phi) is 7.34. The van der Waals surface area contributed by atoms with Gasteiger partial charge in [-0.2, -0.15) is 0 Å². The molecule has 2 heterocycles. The maximum Gasteiger partial charge on any atom is 0.255 e. The van der Waals surface area contributed by atoms with E-state index in [1.165, 1.54) is 0 Å². The van der Waals surface area contributed by atoms with Crippen LogP contribution in [0.2, 0.25) is 0 Å². The minimum atomic E-state index is 0. The van der Waals surface area contributed by atoms with Crippen LogP contribution in [-0.4, -0.2) is 34.9 Å². The number of likely N-dealkylation sites (tertiary alicyclic amines) is 1. The van der Waals surface area contributed by atoms with Gasteiger partial charge in [0, 0.05) is 31.0 Å². The number of aromatic nitrogens is 1. The fourth-order valence-electron chi connectivity index (χ4n) is 2.28. The Bertz CT molecular complexity index is 426. The van der Waals surface area contributed by atoms with Gasteiger partial charge in [-0.15, -0.1) is 24.8 Å². The topological polar surface area (TPSA) is 59.2 Å². The Morgan fingerprint density at radius 3 is 2.74 bits per heavy atom. The van der Waals surface area contributed by atoms with Crippen molar-refractivity contribution in [1.82, 2.24) is 9.88 Å². The highest BCUT2D eigenvalue weighted by molar-refractivity contribution is 5.95. The van der Waals surface area contributed by atoms with Crippen molar-refractivity contribution < 1.29 is 4.79 Å². The van der Waals surface area contributed by atoms with E-state index in [1.54, 1.807) is 12.3 Å². The number of aryl methyl sites for hydroxylation is 1. The number of rotatable bonds is 2. The van der Waals surface area contributed by atoms with E-state index >= 15 is 0 Å². The Morgan fingerprint density at radius 2 is 2.21 bits per heavy atom. The lowest BCUT2D eigenvalue weighted by atomic mass is 10.0. The monoisotopic (exact) mass is 305 g/mol. The third-order valence-corrected chi connectivity index (χ3v) is 3.49. The third kappa shape index (κ3) is 4.06. The average molecular weight is 306 g/mol. The molecule has 1 fully saturated rings. The standard InChI is InChI=1S/C13H19N3O.2ClH/c1-9(14)11-5-7-16(8-11)13(17)12-4-3-6-15-10(12)2;;/h3-4,6,9,11H,5,7-8,14H2,1-2H3;2*1H. The molecule has 4 nitrogen and oxygen atoms in total. The van der Waals surface area contributed by atoms with Gasteiger partial charge in [-0.1, -0.05) is 0 Å². The smallest absolute Gasteiger partial charge is 0.255 e. The Morgan fingerprint density at radius 1 is 1.53 bits per heavy atom. The SMILES string of the molecule is Cc1ncccc1C(=O)N1CCC(C(C)N)C1.Cl.Cl. The summed E-state index contributed by atoms with van der Waals surface area (Å²) in [5, 5.41) is 0. The van der Waals surface area contributed by atoms with Crippen LogP contribution in [-0.2, 0) is 0 Å². The second kappa shape index (κ2) is 7.68. The van der Waals surface area contributed by atoms with Gasteiger partial charge in [-0.3, -0.25) is 9.78 Å². The van der Waals surface area contributed by atoms with E-state index in [0.29, 0.717) is 11.5 Å². The molecule has 6 heteroatoms. The van der Waals surface area contributed by atoms with Gasteiger partial charge in [-0.25, -0.2) is 0 Å². The first-order chi connectivity index (χ1) is 8.09. The molecule has 1 aliphatic heterocycles. The van der Waals surface area contributed by atoms with E-state index in [0.717, 1.165) is 25.2 Å². The van der Waals surface area contributed by atoms with Crippen LogP contribution in [0.3, 0.4) is 0 Å². The number of carbonyl (C=O) groups is 1. The van der Waals surface area contributed by atoms with Gasteiger partial charge in [0.05, 0.1) is 5.56 Å². The highest BCUT2D eigenvalue weighted by Gasteiger charge is 2.29. The lowest BCUT2D eigenvalue weighted by molar-refractivity contribution is 0.0785. The molecule has 0 aliphatic carbocycles. The molecule has 19 heavy (non-hydrogen) atoms. The number of hydrogen-bond donors (Lipinski definition) is 1. The van der Waals surface area contributed by atoms with Gasteiger partial charge < -0.3 is 10.6 Å². The maximum absolute atomic E-state index is 12.3. The van der Waals surface area contributed by atoms with Gasteiger partial charge >= 0.3 is 0 Å². The van der Waals surface area contributed by atoms with Crippen LogP contribution in [0, 0.1) is 12.8 Å². The van der Waals surface area contributed by atoms with E-state index in [2.05, 4.69) is 4.98 Å². The second-order valence-electron chi connectivity index (χ2n) is 4.80. The summed E-state index contributed by atoms with van der Waals surface area (Å²) < 4.78 is 0. The number of amides is 1. The third-order valence-electron chi connectivity index (χ3n) is 3.49.